The molecule has 0 radical (unpaired) electrons. The molecule has 192 valence electrons. The van der Waals surface area contributed by atoms with E-state index in [4.69, 9.17) is 4.74 Å². The molecular formula is C28H29N3O5S. The quantitative estimate of drug-likeness (QED) is 0.360. The maximum Gasteiger partial charge on any atom is 0.323 e. The minimum atomic E-state index is -3.66. The van der Waals surface area contributed by atoms with Gasteiger partial charge >= 0.3 is 5.97 Å². The van der Waals surface area contributed by atoms with E-state index in [0.29, 0.717) is 25.3 Å². The van der Waals surface area contributed by atoms with Crippen molar-refractivity contribution in [3.63, 3.8) is 0 Å². The molecule has 1 unspecified atom stereocenters. The molecule has 8 nitrogen and oxygen atoms in total. The lowest BCUT2D eigenvalue weighted by atomic mass is 9.96. The number of carboxylic acid groups (broad SMARTS) is 1. The Hall–Kier alpha value is -3.69. The fourth-order valence-electron chi connectivity index (χ4n) is 4.95. The Bertz CT molecular complexity index is 1530. The van der Waals surface area contributed by atoms with Crippen LogP contribution in [0, 0.1) is 0 Å². The lowest BCUT2D eigenvalue weighted by Gasteiger charge is -2.17. The van der Waals surface area contributed by atoms with Crippen LogP contribution < -0.4 is 4.74 Å². The zero-order valence-electron chi connectivity index (χ0n) is 20.7. The van der Waals surface area contributed by atoms with Crippen LogP contribution in [0.1, 0.15) is 31.7 Å². The molecular weight excluding hydrogens is 490 g/mol. The van der Waals surface area contributed by atoms with Crippen molar-refractivity contribution in [3.05, 3.63) is 78.8 Å². The molecule has 0 aliphatic carbocycles. The van der Waals surface area contributed by atoms with Crippen molar-refractivity contribution in [2.75, 3.05) is 13.1 Å². The highest BCUT2D eigenvalue weighted by Gasteiger charge is 2.34. The van der Waals surface area contributed by atoms with Crippen molar-refractivity contribution in [1.29, 1.82) is 0 Å². The largest absolute Gasteiger partial charge is 0.491 e. The van der Waals surface area contributed by atoms with Crippen LogP contribution in [0.3, 0.4) is 0 Å². The Labute approximate surface area is 216 Å². The highest BCUT2D eigenvalue weighted by molar-refractivity contribution is 7.89. The number of benzene rings is 2. The van der Waals surface area contributed by atoms with E-state index >= 15 is 0 Å². The molecule has 2 aromatic heterocycles. The normalized spacial score (nSPS) is 16.5. The molecule has 1 atom stereocenters. The van der Waals surface area contributed by atoms with E-state index in [9.17, 15) is 18.3 Å². The fraction of sp³-hybridized carbons (Fsp3) is 0.286. The van der Waals surface area contributed by atoms with Gasteiger partial charge in [0.25, 0.3) is 0 Å². The van der Waals surface area contributed by atoms with Gasteiger partial charge in [0.15, 0.2) is 0 Å². The number of rotatable bonds is 8. The van der Waals surface area contributed by atoms with E-state index in [0.717, 1.165) is 27.6 Å². The van der Waals surface area contributed by atoms with Crippen LogP contribution in [0.2, 0.25) is 0 Å². The van der Waals surface area contributed by atoms with E-state index in [-0.39, 0.29) is 23.5 Å². The molecule has 0 saturated carbocycles. The van der Waals surface area contributed by atoms with E-state index < -0.39 is 16.0 Å². The SMILES string of the molecule is CC(C)Oc1ccc(S(=O)(=O)N2CCC(c3cn(CC(=O)O)c4cc(-c5cccnc5)ccc34)C2)cc1. The number of carboxylic acids is 1. The first kappa shape index (κ1) is 25.0. The zero-order valence-corrected chi connectivity index (χ0v) is 21.6. The van der Waals surface area contributed by atoms with Gasteiger partial charge in [0.1, 0.15) is 12.3 Å². The molecule has 0 bridgehead atoms. The van der Waals surface area contributed by atoms with Crippen LogP contribution in [0.5, 0.6) is 5.75 Å². The summed E-state index contributed by atoms with van der Waals surface area (Å²) in [6.07, 6.45) is 6.01. The van der Waals surface area contributed by atoms with Gasteiger partial charge in [0.05, 0.1) is 11.0 Å². The second-order valence-electron chi connectivity index (χ2n) is 9.57. The number of aliphatic carboxylic acids is 1. The average Bonchev–Trinajstić information content (AvgIpc) is 3.50. The van der Waals surface area contributed by atoms with Crippen LogP contribution in [-0.4, -0.2) is 52.5 Å². The molecule has 9 heteroatoms. The van der Waals surface area contributed by atoms with Gasteiger partial charge < -0.3 is 14.4 Å². The molecule has 1 saturated heterocycles. The smallest absolute Gasteiger partial charge is 0.323 e. The van der Waals surface area contributed by atoms with Crippen molar-refractivity contribution >= 4 is 26.9 Å². The van der Waals surface area contributed by atoms with Crippen LogP contribution in [0.4, 0.5) is 0 Å². The van der Waals surface area contributed by atoms with Crippen LogP contribution >= 0.6 is 0 Å². The minimum absolute atomic E-state index is 0.00509. The summed E-state index contributed by atoms with van der Waals surface area (Å²) < 4.78 is 35.6. The lowest BCUT2D eigenvalue weighted by Crippen LogP contribution is -2.28. The molecule has 5 rings (SSSR count). The van der Waals surface area contributed by atoms with Crippen molar-refractivity contribution in [3.8, 4) is 16.9 Å². The standard InChI is InChI=1S/C28H29N3O5S/c1-19(2)36-23-6-8-24(9-7-23)37(34,35)31-13-11-22(16-31)26-17-30(18-28(32)33)27-14-20(5-10-25(26)27)21-4-3-12-29-15-21/h3-10,12,14-15,17,19,22H,11,13,16,18H2,1-2H3,(H,32,33). The third kappa shape index (κ3) is 5.10. The molecule has 1 aliphatic rings. The highest BCUT2D eigenvalue weighted by atomic mass is 32.2. The first-order valence-electron chi connectivity index (χ1n) is 12.2. The third-order valence-corrected chi connectivity index (χ3v) is 8.52. The number of ether oxygens (including phenoxy) is 1. The van der Waals surface area contributed by atoms with Crippen molar-refractivity contribution in [2.24, 2.45) is 0 Å². The Morgan fingerprint density at radius 1 is 1.14 bits per heavy atom. The minimum Gasteiger partial charge on any atom is -0.491 e. The van der Waals surface area contributed by atoms with Gasteiger partial charge in [-0.25, -0.2) is 8.42 Å². The molecule has 4 aromatic rings. The van der Waals surface area contributed by atoms with Gasteiger partial charge in [0, 0.05) is 54.1 Å². The van der Waals surface area contributed by atoms with E-state index in [2.05, 4.69) is 4.98 Å². The number of fused-ring (bicyclic) bond motifs is 1. The topological polar surface area (TPSA) is 102 Å². The molecule has 3 heterocycles. The molecule has 2 aromatic carbocycles. The fourth-order valence-corrected chi connectivity index (χ4v) is 6.45. The zero-order chi connectivity index (χ0) is 26.2. The van der Waals surface area contributed by atoms with Gasteiger partial charge in [0.2, 0.25) is 10.0 Å². The van der Waals surface area contributed by atoms with Crippen molar-refractivity contribution < 1.29 is 23.1 Å². The van der Waals surface area contributed by atoms with Crippen LogP contribution in [0.25, 0.3) is 22.0 Å². The number of carbonyl (C=O) groups is 1. The Morgan fingerprint density at radius 2 is 1.92 bits per heavy atom. The predicted octanol–water partition coefficient (Wildman–Crippen LogP) is 4.75. The van der Waals surface area contributed by atoms with Crippen LogP contribution in [-0.2, 0) is 21.4 Å². The van der Waals surface area contributed by atoms with Gasteiger partial charge in [-0.1, -0.05) is 18.2 Å². The first-order chi connectivity index (χ1) is 17.7. The maximum atomic E-state index is 13.4. The molecule has 1 N–H and O–H groups in total. The summed E-state index contributed by atoms with van der Waals surface area (Å²) in [5.74, 6) is -0.346. The summed E-state index contributed by atoms with van der Waals surface area (Å²) in [5.41, 5.74) is 3.66. The average molecular weight is 520 g/mol. The molecule has 0 amide bonds. The van der Waals surface area contributed by atoms with Gasteiger partial charge in [-0.15, -0.1) is 0 Å². The van der Waals surface area contributed by atoms with Gasteiger partial charge in [-0.3, -0.25) is 9.78 Å². The Morgan fingerprint density at radius 3 is 2.59 bits per heavy atom. The van der Waals surface area contributed by atoms with Crippen molar-refractivity contribution in [1.82, 2.24) is 13.9 Å². The van der Waals surface area contributed by atoms with Crippen LogP contribution in [0.15, 0.2) is 78.1 Å². The number of aromatic nitrogens is 2. The Balaban J connectivity index is 1.44. The van der Waals surface area contributed by atoms with Crippen molar-refractivity contribution in [2.45, 2.75) is 43.7 Å². The number of hydrogen-bond donors (Lipinski definition) is 1. The number of nitrogens with zero attached hydrogens (tertiary/aromatic N) is 3. The molecule has 1 aliphatic heterocycles. The summed E-state index contributed by atoms with van der Waals surface area (Å²) in [5, 5.41) is 10.4. The van der Waals surface area contributed by atoms with Gasteiger partial charge in [-0.2, -0.15) is 4.31 Å². The molecule has 1 fully saturated rings. The summed E-state index contributed by atoms with van der Waals surface area (Å²) >= 11 is 0. The second kappa shape index (κ2) is 9.99. The van der Waals surface area contributed by atoms with E-state index in [1.54, 1.807) is 41.2 Å². The third-order valence-electron chi connectivity index (χ3n) is 6.64. The highest BCUT2D eigenvalue weighted by Crippen LogP contribution is 2.37. The maximum absolute atomic E-state index is 13.4. The molecule has 0 spiro atoms. The Kier molecular flexibility index (Phi) is 6.74. The van der Waals surface area contributed by atoms with E-state index in [1.165, 1.54) is 4.31 Å². The summed E-state index contributed by atoms with van der Waals surface area (Å²) in [6.45, 7) is 4.40. The summed E-state index contributed by atoms with van der Waals surface area (Å²) in [6, 6.07) is 16.3. The van der Waals surface area contributed by atoms with E-state index in [1.807, 2.05) is 50.4 Å². The number of pyridine rings is 1. The lowest BCUT2D eigenvalue weighted by molar-refractivity contribution is -0.137. The monoisotopic (exact) mass is 519 g/mol. The second-order valence-corrected chi connectivity index (χ2v) is 11.5. The number of sulfonamides is 1. The molecule has 37 heavy (non-hydrogen) atoms. The van der Waals surface area contributed by atoms with Gasteiger partial charge in [-0.05, 0) is 67.8 Å². The summed E-state index contributed by atoms with van der Waals surface area (Å²) in [4.78, 5) is 16.0. The summed E-state index contributed by atoms with van der Waals surface area (Å²) in [7, 11) is -3.66. The number of hydrogen-bond acceptors (Lipinski definition) is 5. The predicted molar refractivity (Wildman–Crippen MR) is 141 cm³/mol. The first-order valence-corrected chi connectivity index (χ1v) is 13.7.